The van der Waals surface area contributed by atoms with Gasteiger partial charge in [-0.1, -0.05) is 36.4 Å². The Morgan fingerprint density at radius 3 is 1.96 bits per heavy atom. The molecular formula is C19H24N2O2. The summed E-state index contributed by atoms with van der Waals surface area (Å²) in [5.41, 5.74) is 4.46. The molecule has 0 unspecified atom stereocenters. The maximum Gasteiger partial charge on any atom is 0.221 e. The summed E-state index contributed by atoms with van der Waals surface area (Å²) < 4.78 is 5.39. The molecule has 0 aliphatic heterocycles. The van der Waals surface area contributed by atoms with Crippen molar-refractivity contribution in [1.82, 2.24) is 5.32 Å². The highest BCUT2D eigenvalue weighted by Gasteiger charge is 1.98. The van der Waals surface area contributed by atoms with Crippen LogP contribution in [0.4, 0.5) is 5.69 Å². The average Bonchev–Trinajstić information content (AvgIpc) is 2.55. The van der Waals surface area contributed by atoms with Gasteiger partial charge >= 0.3 is 0 Å². The minimum Gasteiger partial charge on any atom is -0.377 e. The van der Waals surface area contributed by atoms with Gasteiger partial charge in [-0.2, -0.15) is 0 Å². The Kier molecular flexibility index (Phi) is 6.78. The van der Waals surface area contributed by atoms with Crippen LogP contribution in [0.25, 0.3) is 0 Å². The van der Waals surface area contributed by atoms with Gasteiger partial charge in [0.05, 0.1) is 6.61 Å². The number of rotatable bonds is 8. The Balaban J connectivity index is 1.77. The molecule has 1 amide bonds. The summed E-state index contributed by atoms with van der Waals surface area (Å²) in [6.45, 7) is 6.54. The molecule has 0 radical (unpaired) electrons. The van der Waals surface area contributed by atoms with Crippen molar-refractivity contribution in [1.29, 1.82) is 0 Å². The Bertz CT molecular complexity index is 606. The molecule has 23 heavy (non-hydrogen) atoms. The van der Waals surface area contributed by atoms with Gasteiger partial charge in [-0.3, -0.25) is 4.79 Å². The van der Waals surface area contributed by atoms with E-state index in [1.807, 2.05) is 31.2 Å². The van der Waals surface area contributed by atoms with Crippen molar-refractivity contribution in [2.75, 3.05) is 11.9 Å². The lowest BCUT2D eigenvalue weighted by molar-refractivity contribution is -0.114. The van der Waals surface area contributed by atoms with Crippen molar-refractivity contribution in [2.24, 2.45) is 0 Å². The zero-order chi connectivity index (χ0) is 16.5. The molecule has 0 aliphatic carbocycles. The largest absolute Gasteiger partial charge is 0.377 e. The summed E-state index contributed by atoms with van der Waals surface area (Å²) in [6.07, 6.45) is 0. The minimum absolute atomic E-state index is 0.0522. The Hall–Kier alpha value is -2.17. The highest BCUT2D eigenvalue weighted by atomic mass is 16.5. The second-order valence-corrected chi connectivity index (χ2v) is 5.44. The predicted molar refractivity (Wildman–Crippen MR) is 93.1 cm³/mol. The van der Waals surface area contributed by atoms with Gasteiger partial charge in [0.1, 0.15) is 0 Å². The first-order valence-electron chi connectivity index (χ1n) is 7.90. The molecule has 2 N–H and O–H groups in total. The van der Waals surface area contributed by atoms with Crippen molar-refractivity contribution < 1.29 is 9.53 Å². The number of benzene rings is 2. The fourth-order valence-electron chi connectivity index (χ4n) is 2.23. The molecule has 2 rings (SSSR count). The Morgan fingerprint density at radius 1 is 0.913 bits per heavy atom. The van der Waals surface area contributed by atoms with Crippen molar-refractivity contribution in [3.05, 3.63) is 65.2 Å². The molecule has 0 aromatic heterocycles. The van der Waals surface area contributed by atoms with Gasteiger partial charge in [-0.05, 0) is 35.7 Å². The quantitative estimate of drug-likeness (QED) is 0.784. The first-order chi connectivity index (χ1) is 11.2. The lowest BCUT2D eigenvalue weighted by Gasteiger charge is -2.08. The van der Waals surface area contributed by atoms with Crippen LogP contribution in [0, 0.1) is 0 Å². The average molecular weight is 312 g/mol. The molecule has 4 nitrogen and oxygen atoms in total. The standard InChI is InChI=1S/C19H24N2O2/c1-3-23-14-18-6-4-16(5-7-18)12-20-13-17-8-10-19(11-9-17)21-15(2)22/h4-11,20H,3,12-14H2,1-2H3,(H,21,22). The monoisotopic (exact) mass is 312 g/mol. The number of hydrogen-bond donors (Lipinski definition) is 2. The smallest absolute Gasteiger partial charge is 0.221 e. The molecule has 4 heteroatoms. The van der Waals surface area contributed by atoms with Crippen molar-refractivity contribution in [2.45, 2.75) is 33.5 Å². The molecule has 0 aliphatic rings. The Morgan fingerprint density at radius 2 is 1.43 bits per heavy atom. The summed E-state index contributed by atoms with van der Waals surface area (Å²) in [4.78, 5) is 11.0. The number of hydrogen-bond acceptors (Lipinski definition) is 3. The van der Waals surface area contributed by atoms with Crippen molar-refractivity contribution in [3.8, 4) is 0 Å². The van der Waals surface area contributed by atoms with Gasteiger partial charge in [0.25, 0.3) is 0 Å². The van der Waals surface area contributed by atoms with Gasteiger partial charge in [0.2, 0.25) is 5.91 Å². The van der Waals surface area contributed by atoms with E-state index in [1.54, 1.807) is 0 Å². The topological polar surface area (TPSA) is 50.4 Å². The molecule has 2 aromatic rings. The van der Waals surface area contributed by atoms with Crippen LogP contribution in [0.3, 0.4) is 0 Å². The summed E-state index contributed by atoms with van der Waals surface area (Å²) in [6, 6.07) is 16.3. The van der Waals surface area contributed by atoms with E-state index in [4.69, 9.17) is 4.74 Å². The Labute approximate surface area is 137 Å². The van der Waals surface area contributed by atoms with Gasteiger partial charge in [-0.15, -0.1) is 0 Å². The third-order valence-electron chi connectivity index (χ3n) is 3.43. The zero-order valence-electron chi connectivity index (χ0n) is 13.8. The summed E-state index contributed by atoms with van der Waals surface area (Å²) in [5.74, 6) is -0.0522. The van der Waals surface area contributed by atoms with E-state index in [2.05, 4.69) is 34.9 Å². The number of carbonyl (C=O) groups is 1. The van der Waals surface area contributed by atoms with E-state index < -0.39 is 0 Å². The van der Waals surface area contributed by atoms with Crippen LogP contribution in [-0.4, -0.2) is 12.5 Å². The molecule has 0 fully saturated rings. The highest BCUT2D eigenvalue weighted by molar-refractivity contribution is 5.88. The third-order valence-corrected chi connectivity index (χ3v) is 3.43. The number of carbonyl (C=O) groups excluding carboxylic acids is 1. The van der Waals surface area contributed by atoms with Crippen molar-refractivity contribution in [3.63, 3.8) is 0 Å². The lowest BCUT2D eigenvalue weighted by Crippen LogP contribution is -2.13. The zero-order valence-corrected chi connectivity index (χ0v) is 13.8. The molecule has 0 atom stereocenters. The van der Waals surface area contributed by atoms with Crippen molar-refractivity contribution >= 4 is 11.6 Å². The van der Waals surface area contributed by atoms with Crippen LogP contribution in [0.15, 0.2) is 48.5 Å². The molecule has 0 bridgehead atoms. The van der Waals surface area contributed by atoms with E-state index in [-0.39, 0.29) is 5.91 Å². The van der Waals surface area contributed by atoms with E-state index >= 15 is 0 Å². The minimum atomic E-state index is -0.0522. The maximum atomic E-state index is 11.0. The third kappa shape index (κ3) is 6.22. The fourth-order valence-corrected chi connectivity index (χ4v) is 2.23. The van der Waals surface area contributed by atoms with E-state index in [0.29, 0.717) is 6.61 Å². The summed E-state index contributed by atoms with van der Waals surface area (Å²) in [7, 11) is 0. The lowest BCUT2D eigenvalue weighted by atomic mass is 10.1. The number of anilines is 1. The van der Waals surface area contributed by atoms with Gasteiger partial charge in [0.15, 0.2) is 0 Å². The summed E-state index contributed by atoms with van der Waals surface area (Å²) >= 11 is 0. The molecule has 0 saturated carbocycles. The van der Waals surface area contributed by atoms with Gasteiger partial charge < -0.3 is 15.4 Å². The maximum absolute atomic E-state index is 11.0. The van der Waals surface area contributed by atoms with Crippen LogP contribution in [-0.2, 0) is 29.2 Å². The highest BCUT2D eigenvalue weighted by Crippen LogP contribution is 2.10. The van der Waals surface area contributed by atoms with Crippen LogP contribution in [0.2, 0.25) is 0 Å². The molecule has 0 saturated heterocycles. The predicted octanol–water partition coefficient (Wildman–Crippen LogP) is 3.47. The fraction of sp³-hybridized carbons (Fsp3) is 0.316. The van der Waals surface area contributed by atoms with Gasteiger partial charge in [-0.25, -0.2) is 0 Å². The first kappa shape index (κ1) is 17.2. The first-order valence-corrected chi connectivity index (χ1v) is 7.90. The van der Waals surface area contributed by atoms with Gasteiger partial charge in [0, 0.05) is 32.3 Å². The van der Waals surface area contributed by atoms with Crippen LogP contribution >= 0.6 is 0 Å². The molecule has 0 heterocycles. The van der Waals surface area contributed by atoms with E-state index in [1.165, 1.54) is 23.6 Å². The molecule has 2 aromatic carbocycles. The number of nitrogens with one attached hydrogen (secondary N) is 2. The van der Waals surface area contributed by atoms with Crippen LogP contribution < -0.4 is 10.6 Å². The number of amides is 1. The SMILES string of the molecule is CCOCc1ccc(CNCc2ccc(NC(C)=O)cc2)cc1. The van der Waals surface area contributed by atoms with Crippen LogP contribution in [0.1, 0.15) is 30.5 Å². The van der Waals surface area contributed by atoms with E-state index in [0.717, 1.165) is 25.4 Å². The molecular weight excluding hydrogens is 288 g/mol. The second-order valence-electron chi connectivity index (χ2n) is 5.44. The van der Waals surface area contributed by atoms with E-state index in [9.17, 15) is 4.79 Å². The normalized spacial score (nSPS) is 10.5. The molecule has 0 spiro atoms. The van der Waals surface area contributed by atoms with Crippen LogP contribution in [0.5, 0.6) is 0 Å². The number of ether oxygens (including phenoxy) is 1. The summed E-state index contributed by atoms with van der Waals surface area (Å²) in [5, 5.41) is 6.19. The molecule has 122 valence electrons. The second kappa shape index (κ2) is 9.08.